The zero-order chi connectivity index (χ0) is 16.8. The minimum Gasteiger partial charge on any atom is -0.516 e. The molecule has 0 aliphatic heterocycles. The van der Waals surface area contributed by atoms with E-state index in [2.05, 4.69) is 13.0 Å². The highest BCUT2D eigenvalue weighted by molar-refractivity contribution is 4.98. The van der Waals surface area contributed by atoms with Gasteiger partial charge in [0.2, 0.25) is 0 Å². The molecule has 0 fully saturated rings. The van der Waals surface area contributed by atoms with Crippen molar-refractivity contribution < 1.29 is 5.11 Å². The Morgan fingerprint density at radius 1 is 0.522 bits per heavy atom. The average molecular weight is 323 g/mol. The van der Waals surface area contributed by atoms with E-state index < -0.39 is 0 Å². The molecule has 0 aromatic heterocycles. The number of hydrogen-bond acceptors (Lipinski definition) is 1. The second-order valence-electron chi connectivity index (χ2n) is 6.86. The largest absolute Gasteiger partial charge is 0.516 e. The fourth-order valence-corrected chi connectivity index (χ4v) is 3.03. The minimum atomic E-state index is 1.09. The Balaban J connectivity index is 3.00. The molecule has 0 aliphatic rings. The molecule has 0 aromatic carbocycles. The van der Waals surface area contributed by atoms with Crippen LogP contribution in [0.5, 0.6) is 0 Å². The molecule has 0 spiro atoms. The molecule has 0 aliphatic carbocycles. The van der Waals surface area contributed by atoms with E-state index in [1.165, 1.54) is 103 Å². The van der Waals surface area contributed by atoms with Crippen molar-refractivity contribution >= 4 is 0 Å². The predicted octanol–water partition coefficient (Wildman–Crippen LogP) is 8.27. The van der Waals surface area contributed by atoms with Crippen molar-refractivity contribution in [1.29, 1.82) is 0 Å². The van der Waals surface area contributed by atoms with Crippen molar-refractivity contribution in [3.63, 3.8) is 0 Å². The molecule has 0 heterocycles. The molecular weight excluding hydrogens is 280 g/mol. The zero-order valence-corrected chi connectivity index (χ0v) is 15.8. The normalized spacial score (nSPS) is 11.9. The summed E-state index contributed by atoms with van der Waals surface area (Å²) in [6, 6.07) is 0. The number of rotatable bonds is 18. The van der Waals surface area contributed by atoms with Crippen molar-refractivity contribution in [3.8, 4) is 0 Å². The molecule has 136 valence electrons. The molecule has 23 heavy (non-hydrogen) atoms. The maximum atomic E-state index is 8.48. The maximum absolute atomic E-state index is 8.48. The van der Waals surface area contributed by atoms with Crippen molar-refractivity contribution in [2.24, 2.45) is 0 Å². The first-order chi connectivity index (χ1) is 11.4. The van der Waals surface area contributed by atoms with Crippen LogP contribution >= 0.6 is 0 Å². The van der Waals surface area contributed by atoms with Gasteiger partial charge in [-0.3, -0.25) is 0 Å². The van der Waals surface area contributed by atoms with Gasteiger partial charge >= 0.3 is 0 Å². The molecule has 0 rings (SSSR count). The highest BCUT2D eigenvalue weighted by atomic mass is 16.2. The van der Waals surface area contributed by atoms with Gasteiger partial charge in [-0.05, 0) is 18.9 Å². The highest BCUT2D eigenvalue weighted by Gasteiger charge is 1.94. The van der Waals surface area contributed by atoms with Crippen molar-refractivity contribution in [2.75, 3.05) is 0 Å². The maximum Gasteiger partial charge on any atom is 0.0791 e. The Hall–Kier alpha value is -0.720. The predicted molar refractivity (Wildman–Crippen MR) is 105 cm³/mol. The van der Waals surface area contributed by atoms with Crippen LogP contribution in [-0.4, -0.2) is 5.11 Å². The van der Waals surface area contributed by atoms with Gasteiger partial charge in [0, 0.05) is 0 Å². The molecule has 0 amide bonds. The lowest BCUT2D eigenvalue weighted by atomic mass is 10.0. The first kappa shape index (κ1) is 22.3. The Morgan fingerprint density at radius 2 is 0.913 bits per heavy atom. The van der Waals surface area contributed by atoms with Gasteiger partial charge in [0.15, 0.2) is 0 Å². The minimum absolute atomic E-state index is 1.09. The molecule has 0 saturated carbocycles. The summed E-state index contributed by atoms with van der Waals surface area (Å²) in [5.41, 5.74) is 0. The molecule has 0 saturated heterocycles. The molecule has 1 N–H and O–H groups in total. The third-order valence-corrected chi connectivity index (χ3v) is 4.56. The van der Waals surface area contributed by atoms with E-state index >= 15 is 0 Å². The molecule has 0 unspecified atom stereocenters. The first-order valence-electron chi connectivity index (χ1n) is 10.4. The summed E-state index contributed by atoms with van der Waals surface area (Å²) in [5.74, 6) is 0. The third kappa shape index (κ3) is 21.3. The van der Waals surface area contributed by atoms with E-state index in [4.69, 9.17) is 5.11 Å². The number of aliphatic hydroxyl groups excluding tert-OH is 1. The van der Waals surface area contributed by atoms with Crippen molar-refractivity contribution in [1.82, 2.24) is 0 Å². The quantitative estimate of drug-likeness (QED) is 0.153. The van der Waals surface area contributed by atoms with Crippen LogP contribution in [0.15, 0.2) is 24.5 Å². The summed E-state index contributed by atoms with van der Waals surface area (Å²) >= 11 is 0. The van der Waals surface area contributed by atoms with Crippen LogP contribution in [0.1, 0.15) is 116 Å². The highest BCUT2D eigenvalue weighted by Crippen LogP contribution is 2.14. The Labute approximate surface area is 146 Å². The molecule has 1 heteroatoms. The van der Waals surface area contributed by atoms with E-state index in [1.807, 2.05) is 6.08 Å². The van der Waals surface area contributed by atoms with Crippen LogP contribution in [0.25, 0.3) is 0 Å². The van der Waals surface area contributed by atoms with Crippen LogP contribution in [0.4, 0.5) is 0 Å². The van der Waals surface area contributed by atoms with Gasteiger partial charge < -0.3 is 5.11 Å². The second-order valence-corrected chi connectivity index (χ2v) is 6.86. The van der Waals surface area contributed by atoms with Crippen LogP contribution in [-0.2, 0) is 0 Å². The molecule has 1 nitrogen and oxygen atoms in total. The standard InChI is InChI=1S/C22H42O/c1-2-3-4-5-6-7-8-9-10-11-12-13-14-15-16-17-18-19-20-21-22-23/h19-23H,2-18H2,1H3. The Morgan fingerprint density at radius 3 is 1.30 bits per heavy atom. The van der Waals surface area contributed by atoms with E-state index in [-0.39, 0.29) is 0 Å². The van der Waals surface area contributed by atoms with Crippen LogP contribution < -0.4 is 0 Å². The monoisotopic (exact) mass is 322 g/mol. The fourth-order valence-electron chi connectivity index (χ4n) is 3.03. The molecule has 0 atom stereocenters. The second kappa shape index (κ2) is 21.3. The van der Waals surface area contributed by atoms with Gasteiger partial charge in [0.25, 0.3) is 0 Å². The topological polar surface area (TPSA) is 20.2 Å². The number of aliphatic hydroxyl groups is 1. The van der Waals surface area contributed by atoms with Gasteiger partial charge in [0.05, 0.1) is 6.26 Å². The van der Waals surface area contributed by atoms with Crippen molar-refractivity contribution in [3.05, 3.63) is 24.5 Å². The van der Waals surface area contributed by atoms with Gasteiger partial charge in [-0.1, -0.05) is 115 Å². The Bertz CT molecular complexity index is 255. The van der Waals surface area contributed by atoms with Gasteiger partial charge in [0.1, 0.15) is 0 Å². The van der Waals surface area contributed by atoms with E-state index in [0.29, 0.717) is 0 Å². The summed E-state index contributed by atoms with van der Waals surface area (Å²) in [6.07, 6.45) is 30.7. The number of unbranched alkanes of at least 4 members (excludes halogenated alkanes) is 16. The number of allylic oxidation sites excluding steroid dienone is 3. The summed E-state index contributed by atoms with van der Waals surface area (Å²) in [7, 11) is 0. The molecule has 0 radical (unpaired) electrons. The first-order valence-corrected chi connectivity index (χ1v) is 10.4. The van der Waals surface area contributed by atoms with E-state index in [1.54, 1.807) is 6.08 Å². The van der Waals surface area contributed by atoms with Gasteiger partial charge in [-0.2, -0.15) is 0 Å². The van der Waals surface area contributed by atoms with E-state index in [9.17, 15) is 0 Å². The smallest absolute Gasteiger partial charge is 0.0791 e. The summed E-state index contributed by atoms with van der Waals surface area (Å²) in [4.78, 5) is 0. The fraction of sp³-hybridized carbons (Fsp3) is 0.818. The zero-order valence-electron chi connectivity index (χ0n) is 15.8. The van der Waals surface area contributed by atoms with Crippen molar-refractivity contribution in [2.45, 2.75) is 116 Å². The van der Waals surface area contributed by atoms with Crippen LogP contribution in [0.2, 0.25) is 0 Å². The summed E-state index contributed by atoms with van der Waals surface area (Å²) in [6.45, 7) is 2.29. The molecular formula is C22H42O. The Kier molecular flexibility index (Phi) is 20.6. The molecule has 0 aromatic rings. The SMILES string of the molecule is CCCCCCCCCCCCCCCCCCC=CC=CO. The summed E-state index contributed by atoms with van der Waals surface area (Å²) < 4.78 is 0. The lowest BCUT2D eigenvalue weighted by Crippen LogP contribution is -1.83. The molecule has 0 bridgehead atoms. The van der Waals surface area contributed by atoms with Gasteiger partial charge in [-0.15, -0.1) is 0 Å². The summed E-state index contributed by atoms with van der Waals surface area (Å²) in [5, 5.41) is 8.48. The third-order valence-electron chi connectivity index (χ3n) is 4.56. The van der Waals surface area contributed by atoms with Crippen LogP contribution in [0.3, 0.4) is 0 Å². The lowest BCUT2D eigenvalue weighted by molar-refractivity contribution is 0.473. The average Bonchev–Trinajstić information content (AvgIpc) is 2.57. The van der Waals surface area contributed by atoms with E-state index in [0.717, 1.165) is 12.7 Å². The van der Waals surface area contributed by atoms with Gasteiger partial charge in [-0.25, -0.2) is 0 Å². The number of hydrogen-bond donors (Lipinski definition) is 1. The lowest BCUT2D eigenvalue weighted by Gasteiger charge is -2.03. The van der Waals surface area contributed by atoms with Crippen LogP contribution in [0, 0.1) is 0 Å².